The zero-order valence-electron chi connectivity index (χ0n) is 14.8. The monoisotopic (exact) mass is 419 g/mol. The number of nitrogens with one attached hydrogen (secondary N) is 2. The molecule has 28 heavy (non-hydrogen) atoms. The standard InChI is InChI=1S/C19H18ClN3O4S/c20-13-2-1-3-15(10-13)28(25,26)21-9-8-18(24)22-14-6-7-17-16(11-14)23-19(27-17)12-4-5-12/h1-3,6-7,10-12,21H,4-5,8-9H2,(H,22,24). The third-order valence-electron chi connectivity index (χ3n) is 4.36. The van der Waals surface area contributed by atoms with Gasteiger partial charge in [-0.15, -0.1) is 0 Å². The van der Waals surface area contributed by atoms with Crippen molar-refractivity contribution in [3.05, 3.63) is 53.4 Å². The molecule has 0 radical (unpaired) electrons. The Kier molecular flexibility index (Phi) is 5.09. The van der Waals surface area contributed by atoms with E-state index in [2.05, 4.69) is 15.0 Å². The Morgan fingerprint density at radius 1 is 1.21 bits per heavy atom. The molecule has 0 saturated heterocycles. The van der Waals surface area contributed by atoms with Gasteiger partial charge in [0.2, 0.25) is 15.9 Å². The number of carbonyl (C=O) groups excluding carboxylic acids is 1. The van der Waals surface area contributed by atoms with Crippen LogP contribution in [0.1, 0.15) is 31.1 Å². The molecule has 4 rings (SSSR count). The Morgan fingerprint density at radius 2 is 2.04 bits per heavy atom. The quantitative estimate of drug-likeness (QED) is 0.608. The van der Waals surface area contributed by atoms with Crippen molar-refractivity contribution < 1.29 is 17.6 Å². The van der Waals surface area contributed by atoms with Crippen molar-refractivity contribution in [3.63, 3.8) is 0 Å². The highest BCUT2D eigenvalue weighted by molar-refractivity contribution is 7.89. The van der Waals surface area contributed by atoms with E-state index in [4.69, 9.17) is 16.0 Å². The minimum Gasteiger partial charge on any atom is -0.440 e. The van der Waals surface area contributed by atoms with E-state index in [-0.39, 0.29) is 23.8 Å². The molecule has 1 aliphatic carbocycles. The zero-order chi connectivity index (χ0) is 19.7. The lowest BCUT2D eigenvalue weighted by atomic mass is 10.2. The average Bonchev–Trinajstić information content (AvgIpc) is 3.41. The number of sulfonamides is 1. The number of carbonyl (C=O) groups is 1. The summed E-state index contributed by atoms with van der Waals surface area (Å²) in [4.78, 5) is 16.7. The van der Waals surface area contributed by atoms with Crippen molar-refractivity contribution >= 4 is 44.3 Å². The summed E-state index contributed by atoms with van der Waals surface area (Å²) in [6, 6.07) is 11.2. The number of hydrogen-bond donors (Lipinski definition) is 2. The fourth-order valence-electron chi connectivity index (χ4n) is 2.77. The number of hydrogen-bond acceptors (Lipinski definition) is 5. The zero-order valence-corrected chi connectivity index (χ0v) is 16.4. The summed E-state index contributed by atoms with van der Waals surface area (Å²) < 4.78 is 32.5. The van der Waals surface area contributed by atoms with Crippen LogP contribution in [0, 0.1) is 0 Å². The molecule has 1 heterocycles. The second-order valence-electron chi connectivity index (χ2n) is 6.66. The summed E-state index contributed by atoms with van der Waals surface area (Å²) in [5.41, 5.74) is 1.97. The van der Waals surface area contributed by atoms with E-state index in [0.717, 1.165) is 18.7 Å². The molecule has 1 aromatic heterocycles. The van der Waals surface area contributed by atoms with E-state index >= 15 is 0 Å². The lowest BCUT2D eigenvalue weighted by molar-refractivity contribution is -0.116. The van der Waals surface area contributed by atoms with Gasteiger partial charge in [0, 0.05) is 29.6 Å². The van der Waals surface area contributed by atoms with Crippen LogP contribution < -0.4 is 10.0 Å². The molecular formula is C19H18ClN3O4S. The van der Waals surface area contributed by atoms with Crippen LogP contribution in [0.4, 0.5) is 5.69 Å². The molecule has 9 heteroatoms. The lowest BCUT2D eigenvalue weighted by Crippen LogP contribution is -2.27. The molecule has 2 aromatic carbocycles. The number of halogens is 1. The molecule has 0 atom stereocenters. The number of oxazole rings is 1. The second kappa shape index (κ2) is 7.54. The maximum atomic E-state index is 12.2. The summed E-state index contributed by atoms with van der Waals surface area (Å²) in [5.74, 6) is 0.853. The van der Waals surface area contributed by atoms with Crippen LogP contribution in [0.2, 0.25) is 5.02 Å². The second-order valence-corrected chi connectivity index (χ2v) is 8.87. The normalized spacial score (nSPS) is 14.3. The highest BCUT2D eigenvalue weighted by atomic mass is 35.5. The molecular weight excluding hydrogens is 402 g/mol. The van der Waals surface area contributed by atoms with Gasteiger partial charge in [-0.25, -0.2) is 18.1 Å². The fraction of sp³-hybridized carbons (Fsp3) is 0.263. The molecule has 1 fully saturated rings. The predicted molar refractivity (Wildman–Crippen MR) is 106 cm³/mol. The van der Waals surface area contributed by atoms with Crippen LogP contribution in [0.3, 0.4) is 0 Å². The number of nitrogens with zero attached hydrogens (tertiary/aromatic N) is 1. The van der Waals surface area contributed by atoms with Crippen molar-refractivity contribution in [1.82, 2.24) is 9.71 Å². The van der Waals surface area contributed by atoms with Gasteiger partial charge in [0.15, 0.2) is 11.5 Å². The van der Waals surface area contributed by atoms with E-state index in [1.54, 1.807) is 30.3 Å². The van der Waals surface area contributed by atoms with Gasteiger partial charge in [-0.2, -0.15) is 0 Å². The van der Waals surface area contributed by atoms with Crippen LogP contribution in [0.15, 0.2) is 51.8 Å². The lowest BCUT2D eigenvalue weighted by Gasteiger charge is -2.08. The van der Waals surface area contributed by atoms with Gasteiger partial charge in [0.1, 0.15) is 5.52 Å². The number of aromatic nitrogens is 1. The third kappa shape index (κ3) is 4.35. The van der Waals surface area contributed by atoms with Gasteiger partial charge in [0.25, 0.3) is 0 Å². The smallest absolute Gasteiger partial charge is 0.240 e. The molecule has 0 unspecified atom stereocenters. The molecule has 1 saturated carbocycles. The van der Waals surface area contributed by atoms with E-state index in [9.17, 15) is 13.2 Å². The SMILES string of the molecule is O=C(CCNS(=O)(=O)c1cccc(Cl)c1)Nc1ccc2oc(C3CC3)nc2c1. The fourth-order valence-corrected chi connectivity index (χ4v) is 4.10. The van der Waals surface area contributed by atoms with Crippen LogP contribution in [0.25, 0.3) is 11.1 Å². The van der Waals surface area contributed by atoms with Gasteiger partial charge < -0.3 is 9.73 Å². The molecule has 7 nitrogen and oxygen atoms in total. The van der Waals surface area contributed by atoms with E-state index in [1.165, 1.54) is 12.1 Å². The van der Waals surface area contributed by atoms with Crippen LogP contribution >= 0.6 is 11.6 Å². The largest absolute Gasteiger partial charge is 0.440 e. The van der Waals surface area contributed by atoms with Gasteiger partial charge in [-0.05, 0) is 49.2 Å². The van der Waals surface area contributed by atoms with Crippen LogP contribution in [-0.2, 0) is 14.8 Å². The first-order valence-electron chi connectivity index (χ1n) is 8.86. The summed E-state index contributed by atoms with van der Waals surface area (Å²) >= 11 is 5.82. The van der Waals surface area contributed by atoms with Gasteiger partial charge in [-0.3, -0.25) is 4.79 Å². The molecule has 2 N–H and O–H groups in total. The molecule has 1 aliphatic rings. The minimum absolute atomic E-state index is 0.00995. The molecule has 1 amide bonds. The third-order valence-corrected chi connectivity index (χ3v) is 6.06. The average molecular weight is 420 g/mol. The molecule has 0 aliphatic heterocycles. The van der Waals surface area contributed by atoms with Crippen LogP contribution in [-0.4, -0.2) is 25.9 Å². The molecule has 146 valence electrons. The maximum Gasteiger partial charge on any atom is 0.240 e. The van der Waals surface area contributed by atoms with Crippen molar-refractivity contribution in [2.24, 2.45) is 0 Å². The molecule has 3 aromatic rings. The first kappa shape index (κ1) is 18.9. The number of rotatable bonds is 7. The molecule has 0 bridgehead atoms. The highest BCUT2D eigenvalue weighted by Gasteiger charge is 2.28. The Balaban J connectivity index is 1.33. The Labute approximate surface area is 167 Å². The Bertz CT molecular complexity index is 1140. The summed E-state index contributed by atoms with van der Waals surface area (Å²) in [6.07, 6.45) is 2.19. The number of amides is 1. The Hall–Kier alpha value is -2.42. The van der Waals surface area contributed by atoms with Crippen molar-refractivity contribution in [1.29, 1.82) is 0 Å². The summed E-state index contributed by atoms with van der Waals surface area (Å²) in [7, 11) is -3.72. The number of benzene rings is 2. The first-order chi connectivity index (χ1) is 13.4. The Morgan fingerprint density at radius 3 is 2.79 bits per heavy atom. The summed E-state index contributed by atoms with van der Waals surface area (Å²) in [6.45, 7) is -0.0291. The van der Waals surface area contributed by atoms with Gasteiger partial charge in [0.05, 0.1) is 4.90 Å². The minimum atomic E-state index is -3.72. The maximum absolute atomic E-state index is 12.2. The van der Waals surface area contributed by atoms with Gasteiger partial charge in [-0.1, -0.05) is 17.7 Å². The number of fused-ring (bicyclic) bond motifs is 1. The van der Waals surface area contributed by atoms with Gasteiger partial charge >= 0.3 is 0 Å². The highest BCUT2D eigenvalue weighted by Crippen LogP contribution is 2.40. The van der Waals surface area contributed by atoms with Crippen molar-refractivity contribution in [2.75, 3.05) is 11.9 Å². The van der Waals surface area contributed by atoms with Crippen molar-refractivity contribution in [3.8, 4) is 0 Å². The predicted octanol–water partition coefficient (Wildman–Crippen LogP) is 3.67. The first-order valence-corrected chi connectivity index (χ1v) is 10.7. The summed E-state index contributed by atoms with van der Waals surface area (Å²) in [5, 5.41) is 3.07. The number of anilines is 1. The van der Waals surface area contributed by atoms with E-state index < -0.39 is 10.0 Å². The topological polar surface area (TPSA) is 101 Å². The van der Waals surface area contributed by atoms with Crippen LogP contribution in [0.5, 0.6) is 0 Å². The van der Waals surface area contributed by atoms with E-state index in [0.29, 0.717) is 27.7 Å². The van der Waals surface area contributed by atoms with Crippen molar-refractivity contribution in [2.45, 2.75) is 30.1 Å². The molecule has 0 spiro atoms. The van der Waals surface area contributed by atoms with E-state index in [1.807, 2.05) is 0 Å².